The van der Waals surface area contributed by atoms with Gasteiger partial charge < -0.3 is 10.1 Å². The number of carbonyl (C=O) groups excluding carboxylic acids is 1. The number of ketones is 1. The van der Waals surface area contributed by atoms with Crippen molar-refractivity contribution < 1.29 is 9.53 Å². The van der Waals surface area contributed by atoms with E-state index in [1.54, 1.807) is 7.11 Å². The monoisotopic (exact) mass is 217 g/mol. The third kappa shape index (κ3) is 1.28. The fraction of sp³-hybridized carbons (Fsp3) is 0.462. The summed E-state index contributed by atoms with van der Waals surface area (Å²) in [5.41, 5.74) is 2.14. The van der Waals surface area contributed by atoms with E-state index in [4.69, 9.17) is 4.74 Å². The van der Waals surface area contributed by atoms with Gasteiger partial charge in [0, 0.05) is 23.1 Å². The Morgan fingerprint density at radius 3 is 2.88 bits per heavy atom. The van der Waals surface area contributed by atoms with E-state index < -0.39 is 0 Å². The summed E-state index contributed by atoms with van der Waals surface area (Å²) in [7, 11) is 1.68. The van der Waals surface area contributed by atoms with Gasteiger partial charge in [0.1, 0.15) is 5.75 Å². The summed E-state index contributed by atoms with van der Waals surface area (Å²) < 4.78 is 5.41. The maximum atomic E-state index is 12.0. The molecular formula is C13H15NO2. The Hall–Kier alpha value is -1.35. The minimum absolute atomic E-state index is 0.161. The molecule has 0 saturated heterocycles. The molecule has 1 spiro atoms. The summed E-state index contributed by atoms with van der Waals surface area (Å²) in [6.45, 7) is 1.34. The second-order valence-corrected chi connectivity index (χ2v) is 4.69. The SMILES string of the molecule is COc1cccc2c1C1(CC1)CNCC2=O. The molecule has 84 valence electrons. The number of benzene rings is 1. The van der Waals surface area contributed by atoms with Crippen molar-refractivity contribution in [2.75, 3.05) is 20.2 Å². The van der Waals surface area contributed by atoms with Gasteiger partial charge in [-0.25, -0.2) is 0 Å². The average molecular weight is 217 g/mol. The number of hydrogen-bond donors (Lipinski definition) is 1. The second kappa shape index (κ2) is 3.32. The van der Waals surface area contributed by atoms with Crippen LogP contribution >= 0.6 is 0 Å². The maximum absolute atomic E-state index is 12.0. The smallest absolute Gasteiger partial charge is 0.177 e. The zero-order valence-corrected chi connectivity index (χ0v) is 9.38. The van der Waals surface area contributed by atoms with Crippen LogP contribution in [0.15, 0.2) is 18.2 Å². The van der Waals surface area contributed by atoms with Gasteiger partial charge in [0.05, 0.1) is 13.7 Å². The van der Waals surface area contributed by atoms with Crippen molar-refractivity contribution in [3.63, 3.8) is 0 Å². The van der Waals surface area contributed by atoms with Crippen molar-refractivity contribution in [3.8, 4) is 5.75 Å². The van der Waals surface area contributed by atoms with Crippen molar-refractivity contribution in [2.24, 2.45) is 0 Å². The van der Waals surface area contributed by atoms with E-state index in [1.165, 1.54) is 0 Å². The number of Topliss-reactive ketones (excluding diaryl/α,β-unsaturated/α-hetero) is 1. The Morgan fingerprint density at radius 1 is 1.38 bits per heavy atom. The van der Waals surface area contributed by atoms with Crippen LogP contribution in [0.1, 0.15) is 28.8 Å². The van der Waals surface area contributed by atoms with Gasteiger partial charge in [0.2, 0.25) is 0 Å². The largest absolute Gasteiger partial charge is 0.496 e. The van der Waals surface area contributed by atoms with Crippen LogP contribution in [0.5, 0.6) is 5.75 Å². The molecule has 0 bridgehead atoms. The summed E-state index contributed by atoms with van der Waals surface area (Å²) >= 11 is 0. The number of hydrogen-bond acceptors (Lipinski definition) is 3. The predicted octanol–water partition coefficient (Wildman–Crippen LogP) is 1.51. The third-order valence-corrected chi connectivity index (χ3v) is 3.68. The highest BCUT2D eigenvalue weighted by atomic mass is 16.5. The van der Waals surface area contributed by atoms with Gasteiger partial charge in [-0.3, -0.25) is 4.79 Å². The highest BCUT2D eigenvalue weighted by Crippen LogP contribution is 2.52. The molecular weight excluding hydrogens is 202 g/mol. The van der Waals surface area contributed by atoms with E-state index in [9.17, 15) is 4.79 Å². The molecule has 1 aromatic rings. The topological polar surface area (TPSA) is 38.3 Å². The normalized spacial score (nSPS) is 21.4. The lowest BCUT2D eigenvalue weighted by atomic mass is 9.90. The summed E-state index contributed by atoms with van der Waals surface area (Å²) in [5, 5.41) is 3.24. The third-order valence-electron chi connectivity index (χ3n) is 3.68. The highest BCUT2D eigenvalue weighted by Gasteiger charge is 2.48. The van der Waals surface area contributed by atoms with Gasteiger partial charge in [-0.2, -0.15) is 0 Å². The molecule has 0 aromatic heterocycles. The molecule has 0 unspecified atom stereocenters. The van der Waals surface area contributed by atoms with Gasteiger partial charge in [0.25, 0.3) is 0 Å². The number of fused-ring (bicyclic) bond motifs is 2. The van der Waals surface area contributed by atoms with E-state index in [-0.39, 0.29) is 11.2 Å². The van der Waals surface area contributed by atoms with Crippen LogP contribution in [0, 0.1) is 0 Å². The van der Waals surface area contributed by atoms with Crippen molar-refractivity contribution in [1.82, 2.24) is 5.32 Å². The molecule has 3 nitrogen and oxygen atoms in total. The molecule has 1 aliphatic heterocycles. The highest BCUT2D eigenvalue weighted by molar-refractivity contribution is 6.00. The van der Waals surface area contributed by atoms with Crippen LogP contribution in [0.2, 0.25) is 0 Å². The average Bonchev–Trinajstić information content (AvgIpc) is 3.09. The lowest BCUT2D eigenvalue weighted by Crippen LogP contribution is -2.26. The standard InChI is InChI=1S/C13H15NO2/c1-16-11-4-2-3-9-10(15)7-14-8-13(5-6-13)12(9)11/h2-4,14H,5-8H2,1H3. The molecule has 1 N–H and O–H groups in total. The van der Waals surface area contributed by atoms with Gasteiger partial charge in [-0.15, -0.1) is 0 Å². The molecule has 1 saturated carbocycles. The van der Waals surface area contributed by atoms with Crippen molar-refractivity contribution in [3.05, 3.63) is 29.3 Å². The molecule has 3 rings (SSSR count). The molecule has 1 aromatic carbocycles. The zero-order chi connectivity index (χ0) is 11.2. The molecule has 1 aliphatic carbocycles. The van der Waals surface area contributed by atoms with Gasteiger partial charge >= 0.3 is 0 Å². The van der Waals surface area contributed by atoms with Crippen molar-refractivity contribution in [2.45, 2.75) is 18.3 Å². The fourth-order valence-electron chi connectivity index (χ4n) is 2.66. The minimum atomic E-state index is 0.161. The first-order valence-corrected chi connectivity index (χ1v) is 5.68. The van der Waals surface area contributed by atoms with E-state index in [0.29, 0.717) is 6.54 Å². The maximum Gasteiger partial charge on any atom is 0.177 e. The summed E-state index contributed by atoms with van der Waals surface area (Å²) in [5.74, 6) is 1.05. The van der Waals surface area contributed by atoms with Crippen LogP contribution in [-0.2, 0) is 5.41 Å². The Kier molecular flexibility index (Phi) is 2.04. The van der Waals surface area contributed by atoms with Crippen LogP contribution in [0.4, 0.5) is 0 Å². The first-order chi connectivity index (χ1) is 7.77. The van der Waals surface area contributed by atoms with E-state index in [2.05, 4.69) is 5.32 Å². The quantitative estimate of drug-likeness (QED) is 0.775. The number of nitrogens with one attached hydrogen (secondary N) is 1. The van der Waals surface area contributed by atoms with Crippen LogP contribution in [-0.4, -0.2) is 26.0 Å². The second-order valence-electron chi connectivity index (χ2n) is 4.69. The summed E-state index contributed by atoms with van der Waals surface area (Å²) in [6, 6.07) is 5.78. The number of rotatable bonds is 1. The Labute approximate surface area is 94.8 Å². The molecule has 0 atom stereocenters. The Balaban J connectivity index is 2.22. The molecule has 3 heteroatoms. The van der Waals surface area contributed by atoms with Gasteiger partial charge in [-0.1, -0.05) is 12.1 Å². The predicted molar refractivity (Wildman–Crippen MR) is 61.1 cm³/mol. The first-order valence-electron chi connectivity index (χ1n) is 5.68. The lowest BCUT2D eigenvalue weighted by Gasteiger charge is -2.18. The number of methoxy groups -OCH3 is 1. The van der Waals surface area contributed by atoms with Crippen LogP contribution < -0.4 is 10.1 Å². The Bertz CT molecular complexity index is 449. The van der Waals surface area contributed by atoms with Crippen molar-refractivity contribution in [1.29, 1.82) is 0 Å². The van der Waals surface area contributed by atoms with E-state index in [0.717, 1.165) is 36.3 Å². The number of carbonyl (C=O) groups is 1. The van der Waals surface area contributed by atoms with Gasteiger partial charge in [0.15, 0.2) is 5.78 Å². The van der Waals surface area contributed by atoms with E-state index in [1.807, 2.05) is 18.2 Å². The van der Waals surface area contributed by atoms with Crippen LogP contribution in [0.25, 0.3) is 0 Å². The van der Waals surface area contributed by atoms with Crippen molar-refractivity contribution >= 4 is 5.78 Å². The first kappa shape index (κ1) is 9.85. The lowest BCUT2D eigenvalue weighted by molar-refractivity contribution is 0.0993. The zero-order valence-electron chi connectivity index (χ0n) is 9.38. The molecule has 16 heavy (non-hydrogen) atoms. The molecule has 2 aliphatic rings. The number of ether oxygens (including phenoxy) is 1. The molecule has 0 radical (unpaired) electrons. The van der Waals surface area contributed by atoms with Gasteiger partial charge in [-0.05, 0) is 18.9 Å². The summed E-state index contributed by atoms with van der Waals surface area (Å²) in [4.78, 5) is 12.0. The van der Waals surface area contributed by atoms with Crippen LogP contribution in [0.3, 0.4) is 0 Å². The Morgan fingerprint density at radius 2 is 2.19 bits per heavy atom. The molecule has 0 amide bonds. The van der Waals surface area contributed by atoms with E-state index >= 15 is 0 Å². The minimum Gasteiger partial charge on any atom is -0.496 e. The fourth-order valence-corrected chi connectivity index (χ4v) is 2.66. The molecule has 1 fully saturated rings. The molecule has 1 heterocycles. The summed E-state index contributed by atoms with van der Waals surface area (Å²) in [6.07, 6.45) is 2.31.